The summed E-state index contributed by atoms with van der Waals surface area (Å²) >= 11 is 5.00. The zero-order chi connectivity index (χ0) is 14.5. The van der Waals surface area contributed by atoms with Crippen molar-refractivity contribution in [2.24, 2.45) is 11.7 Å². The molecule has 1 aromatic carbocycles. The van der Waals surface area contributed by atoms with Gasteiger partial charge in [0.2, 0.25) is 0 Å². The molecule has 0 saturated carbocycles. The van der Waals surface area contributed by atoms with Crippen molar-refractivity contribution < 1.29 is 0 Å². The zero-order valence-corrected chi connectivity index (χ0v) is 12.9. The lowest BCUT2D eigenvalue weighted by atomic mass is 10.1. The smallest absolute Gasteiger partial charge is 0.136 e. The van der Waals surface area contributed by atoms with Crippen molar-refractivity contribution in [1.29, 1.82) is 0 Å². The first-order valence-corrected chi connectivity index (χ1v) is 7.35. The van der Waals surface area contributed by atoms with Crippen LogP contribution in [0.1, 0.15) is 20.3 Å². The summed E-state index contributed by atoms with van der Waals surface area (Å²) in [5.74, 6) is 1.58. The van der Waals surface area contributed by atoms with E-state index in [1.807, 2.05) is 18.3 Å². The van der Waals surface area contributed by atoms with Gasteiger partial charge in [-0.25, -0.2) is 4.98 Å². The van der Waals surface area contributed by atoms with Crippen LogP contribution < -0.4 is 10.6 Å². The second-order valence-electron chi connectivity index (χ2n) is 5.41. The van der Waals surface area contributed by atoms with Gasteiger partial charge in [-0.15, -0.1) is 0 Å². The molecule has 3 nitrogen and oxygen atoms in total. The average Bonchev–Trinajstić information content (AvgIpc) is 2.42. The first kappa shape index (κ1) is 14.7. The van der Waals surface area contributed by atoms with Crippen molar-refractivity contribution in [3.05, 3.63) is 36.5 Å². The van der Waals surface area contributed by atoms with E-state index in [4.69, 9.17) is 18.0 Å². The summed E-state index contributed by atoms with van der Waals surface area (Å²) in [7, 11) is 0. The minimum absolute atomic E-state index is 0.555. The standard InChI is InChI=1S/C16H21N3S/c1-12(2)11-19(10-8-15(17)20)16-14-6-4-3-5-13(14)7-9-18-16/h3-7,9,12H,8,10-11H2,1-2H3,(H2,17,20). The van der Waals surface area contributed by atoms with E-state index >= 15 is 0 Å². The summed E-state index contributed by atoms with van der Waals surface area (Å²) < 4.78 is 0. The van der Waals surface area contributed by atoms with Crippen LogP contribution in [0.4, 0.5) is 5.82 Å². The highest BCUT2D eigenvalue weighted by Crippen LogP contribution is 2.24. The lowest BCUT2D eigenvalue weighted by Crippen LogP contribution is -2.31. The molecule has 2 N–H and O–H groups in total. The molecule has 0 unspecified atom stereocenters. The van der Waals surface area contributed by atoms with E-state index in [0.717, 1.165) is 18.9 Å². The number of thiocarbonyl (C=S) groups is 1. The van der Waals surface area contributed by atoms with E-state index in [-0.39, 0.29) is 0 Å². The fraction of sp³-hybridized carbons (Fsp3) is 0.375. The van der Waals surface area contributed by atoms with Gasteiger partial charge in [-0.2, -0.15) is 0 Å². The second kappa shape index (κ2) is 6.66. The molecule has 0 atom stereocenters. The van der Waals surface area contributed by atoms with Crippen LogP contribution in [0, 0.1) is 5.92 Å². The third-order valence-electron chi connectivity index (χ3n) is 3.17. The van der Waals surface area contributed by atoms with Crippen molar-refractivity contribution >= 4 is 33.8 Å². The highest BCUT2D eigenvalue weighted by atomic mass is 32.1. The Hall–Kier alpha value is -1.68. The Kier molecular flexibility index (Phi) is 4.90. The topological polar surface area (TPSA) is 42.1 Å². The van der Waals surface area contributed by atoms with Crippen LogP contribution in [0.25, 0.3) is 10.8 Å². The van der Waals surface area contributed by atoms with Crippen molar-refractivity contribution in [2.45, 2.75) is 20.3 Å². The molecule has 1 aromatic heterocycles. The fourth-order valence-electron chi connectivity index (χ4n) is 2.33. The van der Waals surface area contributed by atoms with E-state index in [1.54, 1.807) is 0 Å². The Morgan fingerprint density at radius 1 is 1.30 bits per heavy atom. The van der Waals surface area contributed by atoms with Gasteiger partial charge in [-0.1, -0.05) is 50.3 Å². The van der Waals surface area contributed by atoms with E-state index in [2.05, 4.69) is 41.9 Å². The molecule has 0 radical (unpaired) electrons. The predicted molar refractivity (Wildman–Crippen MR) is 90.2 cm³/mol. The summed E-state index contributed by atoms with van der Waals surface area (Å²) in [6, 6.07) is 10.4. The van der Waals surface area contributed by atoms with Gasteiger partial charge in [0.1, 0.15) is 5.82 Å². The maximum Gasteiger partial charge on any atom is 0.136 e. The van der Waals surface area contributed by atoms with E-state index in [1.165, 1.54) is 10.8 Å². The van der Waals surface area contributed by atoms with Gasteiger partial charge < -0.3 is 10.6 Å². The summed E-state index contributed by atoms with van der Waals surface area (Å²) in [5.41, 5.74) is 5.65. The molecule has 2 rings (SSSR count). The Morgan fingerprint density at radius 2 is 2.05 bits per heavy atom. The SMILES string of the molecule is CC(C)CN(CCC(N)=S)c1nccc2ccccc12. The highest BCUT2D eigenvalue weighted by molar-refractivity contribution is 7.80. The molecule has 4 heteroatoms. The van der Waals surface area contributed by atoms with Crippen molar-refractivity contribution in [3.8, 4) is 0 Å². The van der Waals surface area contributed by atoms with Crippen LogP contribution in [-0.2, 0) is 0 Å². The maximum atomic E-state index is 5.65. The van der Waals surface area contributed by atoms with Crippen LogP contribution in [-0.4, -0.2) is 23.1 Å². The fourth-order valence-corrected chi connectivity index (χ4v) is 2.42. The third kappa shape index (κ3) is 3.67. The number of nitrogens with zero attached hydrogens (tertiary/aromatic N) is 2. The van der Waals surface area contributed by atoms with E-state index in [9.17, 15) is 0 Å². The number of anilines is 1. The number of pyridine rings is 1. The monoisotopic (exact) mass is 287 g/mol. The van der Waals surface area contributed by atoms with E-state index < -0.39 is 0 Å². The molecule has 0 aliphatic rings. The minimum atomic E-state index is 0.555. The van der Waals surface area contributed by atoms with Crippen LogP contribution in [0.5, 0.6) is 0 Å². The molecule has 20 heavy (non-hydrogen) atoms. The van der Waals surface area contributed by atoms with Gasteiger partial charge in [0.15, 0.2) is 0 Å². The molecule has 106 valence electrons. The number of fused-ring (bicyclic) bond motifs is 1. The van der Waals surface area contributed by atoms with Gasteiger partial charge in [0.25, 0.3) is 0 Å². The first-order chi connectivity index (χ1) is 9.58. The molecule has 1 heterocycles. The highest BCUT2D eigenvalue weighted by Gasteiger charge is 2.13. The second-order valence-corrected chi connectivity index (χ2v) is 5.94. The Labute approximate surface area is 125 Å². The molecule has 0 saturated heterocycles. The number of aromatic nitrogens is 1. The van der Waals surface area contributed by atoms with Crippen molar-refractivity contribution in [2.75, 3.05) is 18.0 Å². The van der Waals surface area contributed by atoms with Crippen molar-refractivity contribution in [1.82, 2.24) is 4.98 Å². The van der Waals surface area contributed by atoms with Gasteiger partial charge in [0.05, 0.1) is 4.99 Å². The molecule has 0 amide bonds. The number of hydrogen-bond donors (Lipinski definition) is 1. The van der Waals surface area contributed by atoms with Crippen LogP contribution in [0.15, 0.2) is 36.5 Å². The summed E-state index contributed by atoms with van der Waals surface area (Å²) in [4.78, 5) is 7.42. The lowest BCUT2D eigenvalue weighted by molar-refractivity contribution is 0.611. The molecule has 0 fully saturated rings. The Bertz CT molecular complexity index is 590. The molecular weight excluding hydrogens is 266 g/mol. The molecule has 0 aliphatic heterocycles. The molecule has 0 aliphatic carbocycles. The van der Waals surface area contributed by atoms with Crippen molar-refractivity contribution in [3.63, 3.8) is 0 Å². The zero-order valence-electron chi connectivity index (χ0n) is 12.0. The largest absolute Gasteiger partial charge is 0.393 e. The normalized spacial score (nSPS) is 10.9. The predicted octanol–water partition coefficient (Wildman–Crippen LogP) is 3.37. The summed E-state index contributed by atoms with van der Waals surface area (Å²) in [5, 5.41) is 2.39. The van der Waals surface area contributed by atoms with Gasteiger partial charge >= 0.3 is 0 Å². The molecule has 0 spiro atoms. The molecular formula is C16H21N3S. The number of rotatable bonds is 6. The average molecular weight is 287 g/mol. The Balaban J connectivity index is 2.36. The lowest BCUT2D eigenvalue weighted by Gasteiger charge is -2.26. The third-order valence-corrected chi connectivity index (χ3v) is 3.37. The molecule has 0 bridgehead atoms. The van der Waals surface area contributed by atoms with Gasteiger partial charge in [-0.05, 0) is 17.4 Å². The number of nitrogens with two attached hydrogens (primary N) is 1. The number of benzene rings is 1. The maximum absolute atomic E-state index is 5.65. The summed E-state index contributed by atoms with van der Waals surface area (Å²) in [6.07, 6.45) is 2.58. The van der Waals surface area contributed by atoms with Crippen LogP contribution in [0.3, 0.4) is 0 Å². The van der Waals surface area contributed by atoms with Gasteiger partial charge in [0, 0.05) is 31.1 Å². The van der Waals surface area contributed by atoms with Crippen LogP contribution >= 0.6 is 12.2 Å². The van der Waals surface area contributed by atoms with E-state index in [0.29, 0.717) is 17.3 Å². The quantitative estimate of drug-likeness (QED) is 0.827. The van der Waals surface area contributed by atoms with Gasteiger partial charge in [-0.3, -0.25) is 0 Å². The molecule has 2 aromatic rings. The minimum Gasteiger partial charge on any atom is -0.393 e. The van der Waals surface area contributed by atoms with Crippen LogP contribution in [0.2, 0.25) is 0 Å². The Morgan fingerprint density at radius 3 is 2.75 bits per heavy atom. The number of hydrogen-bond acceptors (Lipinski definition) is 3. The summed E-state index contributed by atoms with van der Waals surface area (Å²) in [6.45, 7) is 6.18. The first-order valence-electron chi connectivity index (χ1n) is 6.95.